The number of hydrogen-bond donors (Lipinski definition) is 2. The zero-order valence-corrected chi connectivity index (χ0v) is 9.06. The molecule has 1 aromatic rings. The number of nitrogens with zero attached hydrogens (tertiary/aromatic N) is 1. The summed E-state index contributed by atoms with van der Waals surface area (Å²) in [6.07, 6.45) is 5.68. The summed E-state index contributed by atoms with van der Waals surface area (Å²) >= 11 is 0. The van der Waals surface area contributed by atoms with Crippen molar-refractivity contribution in [3.05, 3.63) is 18.0 Å². The van der Waals surface area contributed by atoms with Gasteiger partial charge in [0.05, 0.1) is 12.1 Å². The van der Waals surface area contributed by atoms with Crippen molar-refractivity contribution in [3.8, 4) is 0 Å². The Balaban J connectivity index is 1.95. The summed E-state index contributed by atoms with van der Waals surface area (Å²) in [5.74, 6) is -0.278. The lowest BCUT2D eigenvalue weighted by atomic mass is 10.1. The summed E-state index contributed by atoms with van der Waals surface area (Å²) in [6, 6.07) is 1.35. The average Bonchev–Trinajstić information content (AvgIpc) is 2.73. The van der Waals surface area contributed by atoms with Crippen LogP contribution in [0.3, 0.4) is 0 Å². The molecular formula is C11H16N2O3. The monoisotopic (exact) mass is 224 g/mol. The van der Waals surface area contributed by atoms with Gasteiger partial charge in [-0.2, -0.15) is 0 Å². The fraction of sp³-hybridized carbons (Fsp3) is 0.636. The molecule has 0 radical (unpaired) electrons. The topological polar surface area (TPSA) is 75.4 Å². The Kier molecular flexibility index (Phi) is 3.56. The molecule has 0 spiro atoms. The number of aromatic nitrogens is 1. The van der Waals surface area contributed by atoms with Gasteiger partial charge in [-0.25, -0.2) is 0 Å². The summed E-state index contributed by atoms with van der Waals surface area (Å²) in [5, 5.41) is 16.2. The lowest BCUT2D eigenvalue weighted by Gasteiger charge is -2.20. The molecule has 2 rings (SSSR count). The Bertz CT molecular complexity index is 337. The van der Waals surface area contributed by atoms with E-state index in [0.717, 1.165) is 32.1 Å². The second kappa shape index (κ2) is 5.12. The summed E-state index contributed by atoms with van der Waals surface area (Å²) in [6.45, 7) is 0. The van der Waals surface area contributed by atoms with E-state index >= 15 is 0 Å². The van der Waals surface area contributed by atoms with Crippen molar-refractivity contribution in [2.75, 3.05) is 0 Å². The van der Waals surface area contributed by atoms with Crippen LogP contribution in [0.1, 0.15) is 42.6 Å². The van der Waals surface area contributed by atoms with Crippen molar-refractivity contribution in [2.24, 2.45) is 0 Å². The van der Waals surface area contributed by atoms with E-state index in [1.165, 1.54) is 12.3 Å². The second-order valence-electron chi connectivity index (χ2n) is 4.17. The Morgan fingerprint density at radius 2 is 2.25 bits per heavy atom. The molecule has 1 aliphatic carbocycles. The maximum absolute atomic E-state index is 11.7. The van der Waals surface area contributed by atoms with Crippen LogP contribution < -0.4 is 5.32 Å². The quantitative estimate of drug-likeness (QED) is 0.737. The number of carbonyl (C=O) groups excluding carboxylic acids is 1. The number of aliphatic hydroxyl groups excluding tert-OH is 1. The molecule has 2 unspecified atom stereocenters. The third-order valence-corrected chi connectivity index (χ3v) is 2.97. The molecule has 1 aliphatic rings. The van der Waals surface area contributed by atoms with Crippen LogP contribution in [0.25, 0.3) is 0 Å². The van der Waals surface area contributed by atoms with Crippen LogP contribution in [0.2, 0.25) is 0 Å². The van der Waals surface area contributed by atoms with E-state index in [0.29, 0.717) is 0 Å². The standard InChI is InChI=1S/C11H16N2O3/c14-10-5-3-1-2-4-8(10)12-11(15)9-6-7-16-13-9/h6-8,10,14H,1-5H2,(H,12,15). The van der Waals surface area contributed by atoms with Gasteiger partial charge < -0.3 is 14.9 Å². The van der Waals surface area contributed by atoms with Crippen LogP contribution in [0.4, 0.5) is 0 Å². The third-order valence-electron chi connectivity index (χ3n) is 2.97. The second-order valence-corrected chi connectivity index (χ2v) is 4.17. The molecule has 0 bridgehead atoms. The van der Waals surface area contributed by atoms with Crippen LogP contribution >= 0.6 is 0 Å². The molecule has 1 amide bonds. The van der Waals surface area contributed by atoms with Crippen LogP contribution in [0.15, 0.2) is 16.9 Å². The predicted octanol–water partition coefficient (Wildman–Crippen LogP) is 1.10. The molecule has 5 nitrogen and oxygen atoms in total. The molecule has 1 fully saturated rings. The number of rotatable bonds is 2. The van der Waals surface area contributed by atoms with E-state index in [4.69, 9.17) is 0 Å². The zero-order valence-electron chi connectivity index (χ0n) is 9.06. The Morgan fingerprint density at radius 3 is 3.00 bits per heavy atom. The third kappa shape index (κ3) is 2.61. The van der Waals surface area contributed by atoms with Gasteiger partial charge >= 0.3 is 0 Å². The van der Waals surface area contributed by atoms with Gasteiger partial charge in [0, 0.05) is 6.07 Å². The van der Waals surface area contributed by atoms with Crippen molar-refractivity contribution < 1.29 is 14.4 Å². The Morgan fingerprint density at radius 1 is 1.44 bits per heavy atom. The first-order valence-corrected chi connectivity index (χ1v) is 5.66. The van der Waals surface area contributed by atoms with Gasteiger partial charge in [-0.05, 0) is 12.8 Å². The average molecular weight is 224 g/mol. The predicted molar refractivity (Wildman–Crippen MR) is 56.8 cm³/mol. The Hall–Kier alpha value is -1.36. The highest BCUT2D eigenvalue weighted by molar-refractivity contribution is 5.92. The first kappa shape index (κ1) is 11.1. The number of nitrogens with one attached hydrogen (secondary N) is 1. The summed E-state index contributed by atoms with van der Waals surface area (Å²) in [5.41, 5.74) is 0.261. The van der Waals surface area contributed by atoms with Crippen LogP contribution in [0.5, 0.6) is 0 Å². The normalized spacial score (nSPS) is 26.1. The number of aliphatic hydroxyl groups is 1. The summed E-state index contributed by atoms with van der Waals surface area (Å²) in [4.78, 5) is 11.7. The van der Waals surface area contributed by atoms with E-state index < -0.39 is 6.10 Å². The van der Waals surface area contributed by atoms with Crippen molar-refractivity contribution >= 4 is 5.91 Å². The lowest BCUT2D eigenvalue weighted by molar-refractivity contribution is 0.0810. The molecule has 0 aliphatic heterocycles. The van der Waals surface area contributed by atoms with Gasteiger partial charge in [0.15, 0.2) is 5.69 Å². The van der Waals surface area contributed by atoms with E-state index in [9.17, 15) is 9.90 Å². The minimum Gasteiger partial charge on any atom is -0.391 e. The zero-order chi connectivity index (χ0) is 11.4. The van der Waals surface area contributed by atoms with Gasteiger partial charge in [-0.15, -0.1) is 0 Å². The van der Waals surface area contributed by atoms with E-state index in [1.807, 2.05) is 0 Å². The molecular weight excluding hydrogens is 208 g/mol. The smallest absolute Gasteiger partial charge is 0.273 e. The van der Waals surface area contributed by atoms with Gasteiger partial charge in [-0.3, -0.25) is 4.79 Å². The summed E-state index contributed by atoms with van der Waals surface area (Å²) in [7, 11) is 0. The van der Waals surface area contributed by atoms with Crippen LogP contribution in [-0.2, 0) is 0 Å². The SMILES string of the molecule is O=C(NC1CCCCCC1O)c1ccon1. The first-order valence-electron chi connectivity index (χ1n) is 5.66. The largest absolute Gasteiger partial charge is 0.391 e. The van der Waals surface area contributed by atoms with Crippen molar-refractivity contribution in [1.82, 2.24) is 10.5 Å². The van der Waals surface area contributed by atoms with Crippen molar-refractivity contribution in [2.45, 2.75) is 44.2 Å². The highest BCUT2D eigenvalue weighted by atomic mass is 16.5. The molecule has 88 valence electrons. The maximum atomic E-state index is 11.7. The molecule has 0 saturated heterocycles. The molecule has 2 atom stereocenters. The fourth-order valence-electron chi connectivity index (χ4n) is 2.03. The van der Waals surface area contributed by atoms with Gasteiger partial charge in [-0.1, -0.05) is 24.4 Å². The first-order chi connectivity index (χ1) is 7.77. The van der Waals surface area contributed by atoms with Crippen LogP contribution in [-0.4, -0.2) is 28.3 Å². The van der Waals surface area contributed by atoms with Gasteiger partial charge in [0.1, 0.15) is 6.26 Å². The van der Waals surface area contributed by atoms with E-state index in [-0.39, 0.29) is 17.6 Å². The van der Waals surface area contributed by atoms with Crippen LogP contribution in [0, 0.1) is 0 Å². The van der Waals surface area contributed by atoms with Gasteiger partial charge in [0.2, 0.25) is 0 Å². The van der Waals surface area contributed by atoms with Crippen molar-refractivity contribution in [1.29, 1.82) is 0 Å². The number of carbonyl (C=O) groups is 1. The summed E-state index contributed by atoms with van der Waals surface area (Å²) < 4.78 is 4.60. The number of hydrogen-bond acceptors (Lipinski definition) is 4. The molecule has 5 heteroatoms. The number of amides is 1. The molecule has 1 aromatic heterocycles. The Labute approximate surface area is 93.8 Å². The lowest BCUT2D eigenvalue weighted by Crippen LogP contribution is -2.42. The fourth-order valence-corrected chi connectivity index (χ4v) is 2.03. The van der Waals surface area contributed by atoms with E-state index in [1.54, 1.807) is 0 Å². The molecule has 2 N–H and O–H groups in total. The minimum atomic E-state index is -0.446. The molecule has 1 saturated carbocycles. The highest BCUT2D eigenvalue weighted by Gasteiger charge is 2.24. The van der Waals surface area contributed by atoms with E-state index in [2.05, 4.69) is 15.0 Å². The maximum Gasteiger partial charge on any atom is 0.273 e. The van der Waals surface area contributed by atoms with Crippen molar-refractivity contribution in [3.63, 3.8) is 0 Å². The highest BCUT2D eigenvalue weighted by Crippen LogP contribution is 2.18. The minimum absolute atomic E-state index is 0.160. The molecule has 0 aromatic carbocycles. The van der Waals surface area contributed by atoms with Gasteiger partial charge in [0.25, 0.3) is 5.91 Å². The molecule has 16 heavy (non-hydrogen) atoms. The molecule has 1 heterocycles.